The number of hydrogen-bond donors (Lipinski definition) is 1. The van der Waals surface area contributed by atoms with Crippen LogP contribution < -0.4 is 4.74 Å². The molecule has 24 heavy (non-hydrogen) atoms. The fourth-order valence-corrected chi connectivity index (χ4v) is 2.99. The standard InChI is InChI=1S/C18H20FNO4/c1-12(16-5-6-17(24-16)18(21)22)20-9-7-14(8-10-20)23-15-4-2-3-13(19)11-15/h2-6,11-12,14H,7-10H2,1H3,(H,21,22). The molecule has 1 atom stereocenters. The van der Waals surface area contributed by atoms with E-state index < -0.39 is 5.97 Å². The summed E-state index contributed by atoms with van der Waals surface area (Å²) in [6.45, 7) is 3.62. The molecule has 1 unspecified atom stereocenters. The molecule has 0 bridgehead atoms. The maximum Gasteiger partial charge on any atom is 0.371 e. The van der Waals surface area contributed by atoms with E-state index in [1.54, 1.807) is 18.2 Å². The number of ether oxygens (including phenoxy) is 1. The van der Waals surface area contributed by atoms with Gasteiger partial charge in [0.15, 0.2) is 0 Å². The molecule has 1 saturated heterocycles. The third kappa shape index (κ3) is 3.76. The van der Waals surface area contributed by atoms with Gasteiger partial charge in [-0.15, -0.1) is 0 Å². The zero-order valence-electron chi connectivity index (χ0n) is 13.4. The Morgan fingerprint density at radius 2 is 2.08 bits per heavy atom. The van der Waals surface area contributed by atoms with Crippen molar-refractivity contribution in [2.24, 2.45) is 0 Å². The van der Waals surface area contributed by atoms with Gasteiger partial charge in [0.1, 0.15) is 23.4 Å². The third-order valence-electron chi connectivity index (χ3n) is 4.37. The van der Waals surface area contributed by atoms with Crippen LogP contribution in [0.4, 0.5) is 4.39 Å². The van der Waals surface area contributed by atoms with Crippen molar-refractivity contribution in [1.29, 1.82) is 0 Å². The smallest absolute Gasteiger partial charge is 0.371 e. The van der Waals surface area contributed by atoms with Gasteiger partial charge in [0.25, 0.3) is 0 Å². The second-order valence-electron chi connectivity index (χ2n) is 5.99. The van der Waals surface area contributed by atoms with Crippen molar-refractivity contribution < 1.29 is 23.4 Å². The molecule has 0 amide bonds. The predicted molar refractivity (Wildman–Crippen MR) is 85.7 cm³/mol. The number of carboxylic acid groups (broad SMARTS) is 1. The van der Waals surface area contributed by atoms with Crippen LogP contribution in [0.3, 0.4) is 0 Å². The van der Waals surface area contributed by atoms with Crippen LogP contribution in [0.5, 0.6) is 5.75 Å². The number of halogens is 1. The zero-order chi connectivity index (χ0) is 17.1. The van der Waals surface area contributed by atoms with Crippen LogP contribution in [-0.2, 0) is 0 Å². The van der Waals surface area contributed by atoms with Crippen LogP contribution in [0.2, 0.25) is 0 Å². The van der Waals surface area contributed by atoms with Gasteiger partial charge < -0.3 is 14.3 Å². The Morgan fingerprint density at radius 1 is 1.33 bits per heavy atom. The lowest BCUT2D eigenvalue weighted by atomic mass is 10.0. The highest BCUT2D eigenvalue weighted by molar-refractivity contribution is 5.84. The Bertz CT molecular complexity index is 707. The summed E-state index contributed by atoms with van der Waals surface area (Å²) in [7, 11) is 0. The molecule has 128 valence electrons. The summed E-state index contributed by atoms with van der Waals surface area (Å²) in [5, 5.41) is 8.93. The minimum absolute atomic E-state index is 0.00761. The molecule has 0 aliphatic carbocycles. The van der Waals surface area contributed by atoms with Crippen LogP contribution >= 0.6 is 0 Å². The van der Waals surface area contributed by atoms with E-state index in [1.165, 1.54) is 18.2 Å². The first-order valence-corrected chi connectivity index (χ1v) is 8.02. The zero-order valence-corrected chi connectivity index (χ0v) is 13.4. The number of furan rings is 1. The van der Waals surface area contributed by atoms with E-state index in [2.05, 4.69) is 4.90 Å². The average molecular weight is 333 g/mol. The third-order valence-corrected chi connectivity index (χ3v) is 4.37. The number of benzene rings is 1. The molecule has 1 fully saturated rings. The van der Waals surface area contributed by atoms with E-state index in [0.717, 1.165) is 25.9 Å². The Labute approximate surface area is 139 Å². The highest BCUT2D eigenvalue weighted by Gasteiger charge is 2.26. The minimum Gasteiger partial charge on any atom is -0.490 e. The van der Waals surface area contributed by atoms with Gasteiger partial charge in [-0.05, 0) is 44.0 Å². The summed E-state index contributed by atoms with van der Waals surface area (Å²) in [5.74, 6) is -0.196. The molecule has 6 heteroatoms. The summed E-state index contributed by atoms with van der Waals surface area (Å²) in [6, 6.07) is 9.38. The molecule has 1 aromatic heterocycles. The molecule has 1 aliphatic heterocycles. The molecule has 0 saturated carbocycles. The predicted octanol–water partition coefficient (Wildman–Crippen LogP) is 3.72. The maximum atomic E-state index is 13.2. The second kappa shape index (κ2) is 7.05. The molecule has 0 spiro atoms. The van der Waals surface area contributed by atoms with Crippen molar-refractivity contribution in [2.45, 2.75) is 31.9 Å². The summed E-state index contributed by atoms with van der Waals surface area (Å²) in [6.07, 6.45) is 1.71. The summed E-state index contributed by atoms with van der Waals surface area (Å²) < 4.78 is 24.4. The van der Waals surface area contributed by atoms with E-state index in [1.807, 2.05) is 6.92 Å². The van der Waals surface area contributed by atoms with E-state index >= 15 is 0 Å². The second-order valence-corrected chi connectivity index (χ2v) is 5.99. The maximum absolute atomic E-state index is 13.2. The SMILES string of the molecule is CC(c1ccc(C(=O)O)o1)N1CCC(Oc2cccc(F)c2)CC1. The van der Waals surface area contributed by atoms with Crippen molar-refractivity contribution in [1.82, 2.24) is 4.90 Å². The van der Waals surface area contributed by atoms with Gasteiger partial charge in [0, 0.05) is 19.2 Å². The normalized spacial score (nSPS) is 17.6. The molecular weight excluding hydrogens is 313 g/mol. The Morgan fingerprint density at radius 3 is 2.71 bits per heavy atom. The van der Waals surface area contributed by atoms with Crippen molar-refractivity contribution in [3.05, 3.63) is 53.7 Å². The molecule has 3 rings (SSSR count). The average Bonchev–Trinajstić information content (AvgIpc) is 3.05. The van der Waals surface area contributed by atoms with Crippen LogP contribution in [0.15, 0.2) is 40.8 Å². The first-order valence-electron chi connectivity index (χ1n) is 8.02. The summed E-state index contributed by atoms with van der Waals surface area (Å²) in [5.41, 5.74) is 0. The van der Waals surface area contributed by atoms with Gasteiger partial charge in [-0.1, -0.05) is 6.07 Å². The molecule has 5 nitrogen and oxygen atoms in total. The van der Waals surface area contributed by atoms with E-state index in [-0.39, 0.29) is 23.7 Å². The topological polar surface area (TPSA) is 62.9 Å². The van der Waals surface area contributed by atoms with Gasteiger partial charge in [0.2, 0.25) is 5.76 Å². The highest BCUT2D eigenvalue weighted by Crippen LogP contribution is 2.27. The van der Waals surface area contributed by atoms with Crippen molar-refractivity contribution in [3.8, 4) is 5.75 Å². The molecule has 1 aromatic carbocycles. The number of aromatic carboxylic acids is 1. The molecule has 2 heterocycles. The van der Waals surface area contributed by atoms with Crippen molar-refractivity contribution >= 4 is 5.97 Å². The number of piperidine rings is 1. The Balaban J connectivity index is 1.55. The Kier molecular flexibility index (Phi) is 4.85. The fourth-order valence-electron chi connectivity index (χ4n) is 2.99. The number of carboxylic acids is 1. The van der Waals surface area contributed by atoms with Crippen molar-refractivity contribution in [2.75, 3.05) is 13.1 Å². The highest BCUT2D eigenvalue weighted by atomic mass is 19.1. The van der Waals surface area contributed by atoms with Crippen LogP contribution in [0.1, 0.15) is 42.1 Å². The number of rotatable bonds is 5. The lowest BCUT2D eigenvalue weighted by molar-refractivity contribution is 0.0633. The molecular formula is C18H20FNO4. The molecule has 1 aliphatic rings. The van der Waals surface area contributed by atoms with Gasteiger partial charge in [-0.25, -0.2) is 9.18 Å². The lowest BCUT2D eigenvalue weighted by Crippen LogP contribution is -2.39. The first kappa shape index (κ1) is 16.5. The molecule has 1 N–H and O–H groups in total. The molecule has 2 aromatic rings. The monoisotopic (exact) mass is 333 g/mol. The number of likely N-dealkylation sites (tertiary alicyclic amines) is 1. The summed E-state index contributed by atoms with van der Waals surface area (Å²) in [4.78, 5) is 13.1. The van der Waals surface area contributed by atoms with Crippen molar-refractivity contribution in [3.63, 3.8) is 0 Å². The largest absolute Gasteiger partial charge is 0.490 e. The number of nitrogens with zero attached hydrogens (tertiary/aromatic N) is 1. The van der Waals surface area contributed by atoms with Gasteiger partial charge >= 0.3 is 5.97 Å². The van der Waals surface area contributed by atoms with Crippen LogP contribution in [-0.4, -0.2) is 35.2 Å². The van der Waals surface area contributed by atoms with Gasteiger partial charge in [0.05, 0.1) is 6.04 Å². The van der Waals surface area contributed by atoms with Gasteiger partial charge in [-0.3, -0.25) is 4.90 Å². The quantitative estimate of drug-likeness (QED) is 0.903. The lowest BCUT2D eigenvalue weighted by Gasteiger charge is -2.35. The van der Waals surface area contributed by atoms with E-state index in [0.29, 0.717) is 11.5 Å². The van der Waals surface area contributed by atoms with E-state index in [9.17, 15) is 9.18 Å². The summed E-state index contributed by atoms with van der Waals surface area (Å²) >= 11 is 0. The fraction of sp³-hybridized carbons (Fsp3) is 0.389. The minimum atomic E-state index is -1.06. The first-order chi connectivity index (χ1) is 11.5. The number of hydrogen-bond acceptors (Lipinski definition) is 4. The van der Waals surface area contributed by atoms with Crippen LogP contribution in [0.25, 0.3) is 0 Å². The number of carbonyl (C=O) groups is 1. The van der Waals surface area contributed by atoms with Crippen LogP contribution in [0, 0.1) is 5.82 Å². The molecule has 0 radical (unpaired) electrons. The van der Waals surface area contributed by atoms with E-state index in [4.69, 9.17) is 14.3 Å². The Hall–Kier alpha value is -2.34. The van der Waals surface area contributed by atoms with Gasteiger partial charge in [-0.2, -0.15) is 0 Å².